The van der Waals surface area contributed by atoms with Crippen molar-refractivity contribution >= 4 is 17.6 Å². The summed E-state index contributed by atoms with van der Waals surface area (Å²) in [5.74, 6) is 0.861. The predicted molar refractivity (Wildman–Crippen MR) is 106 cm³/mol. The van der Waals surface area contributed by atoms with Crippen molar-refractivity contribution < 1.29 is 0 Å². The monoisotopic (exact) mass is 361 g/mol. The number of guanidine groups is 1. The standard InChI is InChI=1S/C19H28ClN5/c1-21-19(25(5)14-17-11-16(20)13-24(17)4)22-12-18(23(2)3)15-9-7-6-8-10-15/h6-11,13,18H,12,14H2,1-5H3,(H,21,22). The van der Waals surface area contributed by atoms with Crippen molar-refractivity contribution in [2.24, 2.45) is 12.0 Å². The quantitative estimate of drug-likeness (QED) is 0.634. The van der Waals surface area contributed by atoms with Gasteiger partial charge in [-0.15, -0.1) is 0 Å². The van der Waals surface area contributed by atoms with E-state index in [2.05, 4.69) is 58.5 Å². The Morgan fingerprint density at radius 1 is 1.24 bits per heavy atom. The fourth-order valence-electron chi connectivity index (χ4n) is 2.89. The summed E-state index contributed by atoms with van der Waals surface area (Å²) in [5, 5.41) is 4.24. The van der Waals surface area contributed by atoms with E-state index >= 15 is 0 Å². The minimum atomic E-state index is 0.274. The van der Waals surface area contributed by atoms with Gasteiger partial charge in [-0.3, -0.25) is 4.99 Å². The van der Waals surface area contributed by atoms with E-state index in [9.17, 15) is 0 Å². The summed E-state index contributed by atoms with van der Waals surface area (Å²) in [4.78, 5) is 8.73. The Kier molecular flexibility index (Phi) is 6.91. The van der Waals surface area contributed by atoms with Crippen LogP contribution in [0.2, 0.25) is 5.02 Å². The Balaban J connectivity index is 2.02. The summed E-state index contributed by atoms with van der Waals surface area (Å²) in [6.45, 7) is 1.52. The number of hydrogen-bond donors (Lipinski definition) is 1. The molecule has 1 unspecified atom stereocenters. The van der Waals surface area contributed by atoms with Gasteiger partial charge in [0.1, 0.15) is 0 Å². The molecule has 0 amide bonds. The van der Waals surface area contributed by atoms with Gasteiger partial charge in [0.2, 0.25) is 0 Å². The molecule has 25 heavy (non-hydrogen) atoms. The van der Waals surface area contributed by atoms with Crippen LogP contribution in [0.4, 0.5) is 0 Å². The van der Waals surface area contributed by atoms with Gasteiger partial charge in [-0.2, -0.15) is 0 Å². The van der Waals surface area contributed by atoms with Crippen molar-refractivity contribution in [2.45, 2.75) is 12.6 Å². The Bertz CT molecular complexity index is 693. The lowest BCUT2D eigenvalue weighted by Gasteiger charge is -2.28. The molecule has 1 N–H and O–H groups in total. The molecule has 0 aliphatic carbocycles. The van der Waals surface area contributed by atoms with Crippen LogP contribution in [0, 0.1) is 0 Å². The normalized spacial score (nSPS) is 13.2. The molecule has 0 aliphatic rings. The highest BCUT2D eigenvalue weighted by Crippen LogP contribution is 2.17. The summed E-state index contributed by atoms with van der Waals surface area (Å²) in [7, 11) is 10.0. The van der Waals surface area contributed by atoms with Crippen LogP contribution in [-0.4, -0.2) is 55.1 Å². The lowest BCUT2D eigenvalue weighted by molar-refractivity contribution is 0.295. The molecule has 0 fully saturated rings. The second-order valence-corrected chi connectivity index (χ2v) is 6.87. The van der Waals surface area contributed by atoms with Crippen LogP contribution < -0.4 is 5.32 Å². The first-order valence-electron chi connectivity index (χ1n) is 8.36. The van der Waals surface area contributed by atoms with Gasteiger partial charge in [0.05, 0.1) is 17.6 Å². The zero-order valence-corrected chi connectivity index (χ0v) is 16.5. The van der Waals surface area contributed by atoms with Crippen LogP contribution in [0.15, 0.2) is 47.6 Å². The minimum Gasteiger partial charge on any atom is -0.354 e. The second-order valence-electron chi connectivity index (χ2n) is 6.43. The Hall–Kier alpha value is -1.98. The van der Waals surface area contributed by atoms with E-state index in [1.54, 1.807) is 0 Å². The molecule has 1 aromatic heterocycles. The number of nitrogens with zero attached hydrogens (tertiary/aromatic N) is 4. The average Bonchev–Trinajstić information content (AvgIpc) is 2.89. The zero-order valence-electron chi connectivity index (χ0n) is 15.7. The number of likely N-dealkylation sites (N-methyl/N-ethyl adjacent to an activating group) is 1. The third kappa shape index (κ3) is 5.25. The molecule has 5 nitrogen and oxygen atoms in total. The van der Waals surface area contributed by atoms with Crippen LogP contribution in [0.5, 0.6) is 0 Å². The fraction of sp³-hybridized carbons (Fsp3) is 0.421. The Morgan fingerprint density at radius 2 is 1.92 bits per heavy atom. The maximum Gasteiger partial charge on any atom is 0.193 e. The van der Waals surface area contributed by atoms with Gasteiger partial charge in [0.15, 0.2) is 5.96 Å². The number of hydrogen-bond acceptors (Lipinski definition) is 2. The number of halogens is 1. The highest BCUT2D eigenvalue weighted by molar-refractivity contribution is 6.30. The molecule has 0 saturated carbocycles. The largest absolute Gasteiger partial charge is 0.354 e. The van der Waals surface area contributed by atoms with Gasteiger partial charge in [-0.1, -0.05) is 41.9 Å². The molecule has 0 bridgehead atoms. The van der Waals surface area contributed by atoms with Crippen molar-refractivity contribution in [3.05, 3.63) is 58.9 Å². The van der Waals surface area contributed by atoms with E-state index in [0.717, 1.165) is 29.8 Å². The van der Waals surface area contributed by atoms with E-state index < -0.39 is 0 Å². The first kappa shape index (κ1) is 19.3. The number of aliphatic imine (C=N–C) groups is 1. The van der Waals surface area contributed by atoms with Crippen molar-refractivity contribution in [1.82, 2.24) is 19.7 Å². The van der Waals surface area contributed by atoms with E-state index in [1.807, 2.05) is 44.0 Å². The van der Waals surface area contributed by atoms with Crippen molar-refractivity contribution in [2.75, 3.05) is 34.7 Å². The zero-order chi connectivity index (χ0) is 18.4. The van der Waals surface area contributed by atoms with Gasteiger partial charge < -0.3 is 19.7 Å². The molecule has 0 aliphatic heterocycles. The third-order valence-corrected chi connectivity index (χ3v) is 4.51. The first-order chi connectivity index (χ1) is 11.9. The lowest BCUT2D eigenvalue weighted by Crippen LogP contribution is -2.42. The number of aromatic nitrogens is 1. The van der Waals surface area contributed by atoms with Crippen molar-refractivity contribution in [3.8, 4) is 0 Å². The number of nitrogens with one attached hydrogen (secondary N) is 1. The topological polar surface area (TPSA) is 35.8 Å². The van der Waals surface area contributed by atoms with E-state index in [0.29, 0.717) is 0 Å². The molecule has 6 heteroatoms. The predicted octanol–water partition coefficient (Wildman–Crippen LogP) is 2.99. The highest BCUT2D eigenvalue weighted by atomic mass is 35.5. The Labute approximate surface area is 155 Å². The first-order valence-corrected chi connectivity index (χ1v) is 8.74. The van der Waals surface area contributed by atoms with Crippen LogP contribution in [0.25, 0.3) is 0 Å². The van der Waals surface area contributed by atoms with Crippen LogP contribution in [-0.2, 0) is 13.6 Å². The summed E-state index contributed by atoms with van der Waals surface area (Å²) < 4.78 is 2.04. The Morgan fingerprint density at radius 3 is 2.44 bits per heavy atom. The maximum atomic E-state index is 6.08. The van der Waals surface area contributed by atoms with Gasteiger partial charge in [-0.05, 0) is 25.7 Å². The smallest absolute Gasteiger partial charge is 0.193 e. The highest BCUT2D eigenvalue weighted by Gasteiger charge is 2.16. The van der Waals surface area contributed by atoms with Crippen LogP contribution in [0.3, 0.4) is 0 Å². The van der Waals surface area contributed by atoms with Gasteiger partial charge in [-0.25, -0.2) is 0 Å². The van der Waals surface area contributed by atoms with Crippen LogP contribution >= 0.6 is 11.6 Å². The SMILES string of the molecule is CN=C(NCC(c1ccccc1)N(C)C)N(C)Cc1cc(Cl)cn1C. The van der Waals surface area contributed by atoms with Gasteiger partial charge >= 0.3 is 0 Å². The molecule has 1 heterocycles. The molecule has 1 aromatic carbocycles. The molecular formula is C19H28ClN5. The van der Waals surface area contributed by atoms with E-state index in [1.165, 1.54) is 5.56 Å². The second kappa shape index (κ2) is 8.92. The number of benzene rings is 1. The van der Waals surface area contributed by atoms with Crippen LogP contribution in [0.1, 0.15) is 17.3 Å². The molecule has 0 saturated heterocycles. The summed E-state index contributed by atoms with van der Waals surface area (Å²) >= 11 is 6.08. The van der Waals surface area contributed by atoms with Gasteiger partial charge in [0, 0.05) is 39.6 Å². The molecule has 0 spiro atoms. The van der Waals surface area contributed by atoms with Gasteiger partial charge in [0.25, 0.3) is 0 Å². The molecule has 2 rings (SSSR count). The summed E-state index contributed by atoms with van der Waals surface area (Å²) in [6.07, 6.45) is 1.92. The van der Waals surface area contributed by atoms with E-state index in [-0.39, 0.29) is 6.04 Å². The van der Waals surface area contributed by atoms with Crippen molar-refractivity contribution in [3.63, 3.8) is 0 Å². The molecule has 0 radical (unpaired) electrons. The average molecular weight is 362 g/mol. The molecule has 136 valence electrons. The van der Waals surface area contributed by atoms with E-state index in [4.69, 9.17) is 11.6 Å². The molecular weight excluding hydrogens is 334 g/mol. The maximum absolute atomic E-state index is 6.08. The number of rotatable bonds is 6. The molecule has 1 atom stereocenters. The van der Waals surface area contributed by atoms with Crippen molar-refractivity contribution in [1.29, 1.82) is 0 Å². The third-order valence-electron chi connectivity index (χ3n) is 4.31. The number of aryl methyl sites for hydroxylation is 1. The summed E-state index contributed by atoms with van der Waals surface area (Å²) in [5.41, 5.74) is 2.43. The lowest BCUT2D eigenvalue weighted by atomic mass is 10.1. The molecule has 2 aromatic rings. The minimum absolute atomic E-state index is 0.274. The fourth-order valence-corrected chi connectivity index (χ4v) is 3.16. The summed E-state index contributed by atoms with van der Waals surface area (Å²) in [6, 6.07) is 12.8.